The van der Waals surface area contributed by atoms with Crippen LogP contribution in [0.3, 0.4) is 0 Å². The predicted molar refractivity (Wildman–Crippen MR) is 242 cm³/mol. The fraction of sp³-hybridized carbons (Fsp3) is 0.660. The standard InChI is InChI=1S/C47H72N6O9S/c1-28-37-23-34(47(37,3)4)24-38(28)48-46(58)43-41(29(2)56)40(27-55)62-53(43)25-31-16-13-17-36(44(31)61-8)32-20-33(22-35(21-32)52(7)18-19-54)45(57)49-39(26-51(5)6)42(50-63(9,59)60)30-14-11-10-12-15-30/h10-16,20,22,28-29,32,34,36-43,50,54-56H,17-19,21,23-27H2,1-9H3,(H,48,58)(H,49,57)/t28-,29-,32?,34-,36?,37-,38-,39+,40-,41+,42-,43-/m0/s1. The van der Waals surface area contributed by atoms with Crippen molar-refractivity contribution in [3.05, 3.63) is 82.8 Å². The first kappa shape index (κ1) is 48.8. The third-order valence-electron chi connectivity index (χ3n) is 14.6. The van der Waals surface area contributed by atoms with E-state index in [0.29, 0.717) is 60.6 Å². The number of hydrogen-bond acceptors (Lipinski definition) is 12. The van der Waals surface area contributed by atoms with Crippen molar-refractivity contribution < 1.29 is 42.9 Å². The van der Waals surface area contributed by atoms with Crippen molar-refractivity contribution in [2.75, 3.05) is 67.4 Å². The Balaban J connectivity index is 1.29. The van der Waals surface area contributed by atoms with Gasteiger partial charge in [0.05, 0.1) is 51.3 Å². The molecule has 1 saturated heterocycles. The van der Waals surface area contributed by atoms with Crippen LogP contribution in [0.1, 0.15) is 65.0 Å². The average molecular weight is 897 g/mol. The van der Waals surface area contributed by atoms with Gasteiger partial charge < -0.3 is 40.5 Å². The highest BCUT2D eigenvalue weighted by atomic mass is 32.2. The van der Waals surface area contributed by atoms with Crippen LogP contribution in [0.5, 0.6) is 0 Å². The zero-order chi connectivity index (χ0) is 46.0. The Morgan fingerprint density at radius 2 is 1.83 bits per heavy atom. The maximum atomic E-state index is 14.5. The summed E-state index contributed by atoms with van der Waals surface area (Å²) in [5.41, 5.74) is 2.97. The summed E-state index contributed by atoms with van der Waals surface area (Å²) in [6.45, 7) is 8.86. The van der Waals surface area contributed by atoms with Crippen LogP contribution in [-0.2, 0) is 29.2 Å². The molecule has 16 heteroatoms. The van der Waals surface area contributed by atoms with Gasteiger partial charge in [0, 0.05) is 54.9 Å². The molecule has 1 aromatic carbocycles. The molecule has 0 spiro atoms. The number of aliphatic hydroxyl groups is 3. The molecule has 7 rings (SSSR count). The van der Waals surface area contributed by atoms with Crippen LogP contribution in [0.4, 0.5) is 0 Å². The average Bonchev–Trinajstić information content (AvgIpc) is 3.61. The van der Waals surface area contributed by atoms with Gasteiger partial charge in [-0.15, -0.1) is 0 Å². The number of allylic oxidation sites excluding steroid dienone is 4. The van der Waals surface area contributed by atoms with Crippen molar-refractivity contribution in [2.45, 2.75) is 89.8 Å². The van der Waals surface area contributed by atoms with E-state index in [2.05, 4.69) is 42.2 Å². The van der Waals surface area contributed by atoms with E-state index in [-0.39, 0.29) is 54.9 Å². The number of sulfonamides is 1. The fourth-order valence-corrected chi connectivity index (χ4v) is 11.9. The molecular weight excluding hydrogens is 825 g/mol. The third-order valence-corrected chi connectivity index (χ3v) is 15.3. The van der Waals surface area contributed by atoms with Crippen LogP contribution in [0.2, 0.25) is 0 Å². The number of fused-ring (bicyclic) bond motifs is 2. The molecule has 15 nitrogen and oxygen atoms in total. The number of nitrogens with zero attached hydrogens (tertiary/aromatic N) is 3. The summed E-state index contributed by atoms with van der Waals surface area (Å²) < 4.78 is 34.3. The number of hydroxylamine groups is 2. The van der Waals surface area contributed by atoms with Gasteiger partial charge in [-0.25, -0.2) is 13.1 Å². The predicted octanol–water partition coefficient (Wildman–Crippen LogP) is 2.71. The lowest BCUT2D eigenvalue weighted by atomic mass is 9.45. The maximum Gasteiger partial charge on any atom is 0.251 e. The number of likely N-dealkylation sites (N-methyl/N-ethyl adjacent to an activating group) is 2. The van der Waals surface area contributed by atoms with Crippen LogP contribution in [0.15, 0.2) is 77.2 Å². The minimum atomic E-state index is -3.68. The van der Waals surface area contributed by atoms with Gasteiger partial charge in [0.2, 0.25) is 15.9 Å². The van der Waals surface area contributed by atoms with Crippen LogP contribution < -0.4 is 15.4 Å². The summed E-state index contributed by atoms with van der Waals surface area (Å²) in [7, 11) is 3.53. The van der Waals surface area contributed by atoms with Gasteiger partial charge in [-0.1, -0.05) is 69.3 Å². The highest BCUT2D eigenvalue weighted by Gasteiger charge is 2.57. The van der Waals surface area contributed by atoms with Gasteiger partial charge in [0.15, 0.2) is 0 Å². The first-order chi connectivity index (χ1) is 29.8. The number of ether oxygens (including phenoxy) is 1. The molecule has 12 atom stereocenters. The third kappa shape index (κ3) is 10.9. The van der Waals surface area contributed by atoms with Crippen LogP contribution in [0.25, 0.3) is 0 Å². The Bertz CT molecular complexity index is 2020. The second-order valence-electron chi connectivity index (χ2n) is 19.5. The number of methoxy groups -OCH3 is 1. The quantitative estimate of drug-likeness (QED) is 0.119. The zero-order valence-electron chi connectivity index (χ0n) is 38.5. The first-order valence-corrected chi connectivity index (χ1v) is 24.3. The molecule has 0 radical (unpaired) electrons. The van der Waals surface area contributed by atoms with Gasteiger partial charge in [-0.05, 0) is 87.4 Å². The lowest BCUT2D eigenvalue weighted by Gasteiger charge is -2.62. The van der Waals surface area contributed by atoms with E-state index in [0.717, 1.165) is 23.9 Å². The molecule has 3 saturated carbocycles. The van der Waals surface area contributed by atoms with Crippen LogP contribution in [-0.4, -0.2) is 148 Å². The summed E-state index contributed by atoms with van der Waals surface area (Å²) >= 11 is 0. The summed E-state index contributed by atoms with van der Waals surface area (Å²) in [6, 6.07) is 6.88. The van der Waals surface area contributed by atoms with E-state index in [1.54, 1.807) is 19.1 Å². The Hall–Kier alpha value is -3.61. The van der Waals surface area contributed by atoms with E-state index in [4.69, 9.17) is 9.57 Å². The molecule has 350 valence electrons. The van der Waals surface area contributed by atoms with Crippen molar-refractivity contribution in [1.29, 1.82) is 0 Å². The molecule has 4 fully saturated rings. The van der Waals surface area contributed by atoms with E-state index in [1.165, 1.54) is 6.42 Å². The van der Waals surface area contributed by atoms with Crippen molar-refractivity contribution in [3.8, 4) is 0 Å². The lowest BCUT2D eigenvalue weighted by Crippen LogP contribution is -2.62. The SMILES string of the molecule is COC1=C(CN2O[C@@H](CO)[C@@H]([C@H](C)O)[C@H]2C(=O)N[C@H]2C[C@@H]3C[C@@H]([C@@H]2C)C3(C)C)C=CCC1C1C=C(C(=O)N[C@H](CN(C)C)[C@@H](NS(C)(=O)=O)c2ccccc2)C=C(N(C)CCO)C1. The highest BCUT2D eigenvalue weighted by Crippen LogP contribution is 2.61. The van der Waals surface area contributed by atoms with E-state index < -0.39 is 46.3 Å². The Kier molecular flexibility index (Phi) is 15.7. The number of carbonyl (C=O) groups is 2. The monoisotopic (exact) mass is 897 g/mol. The topological polar surface area (TPSA) is 193 Å². The largest absolute Gasteiger partial charge is 0.500 e. The van der Waals surface area contributed by atoms with Gasteiger partial charge in [0.25, 0.3) is 5.91 Å². The van der Waals surface area contributed by atoms with Crippen molar-refractivity contribution in [1.82, 2.24) is 30.2 Å². The van der Waals surface area contributed by atoms with Gasteiger partial charge >= 0.3 is 0 Å². The molecule has 2 amide bonds. The summed E-state index contributed by atoms with van der Waals surface area (Å²) in [5, 5.41) is 39.5. The number of amides is 2. The minimum absolute atomic E-state index is 0.000639. The van der Waals surface area contributed by atoms with Gasteiger partial charge in [0.1, 0.15) is 17.9 Å². The second-order valence-corrected chi connectivity index (χ2v) is 21.2. The molecule has 6 N–H and O–H groups in total. The minimum Gasteiger partial charge on any atom is -0.500 e. The molecular formula is C47H72N6O9S. The molecule has 63 heavy (non-hydrogen) atoms. The summed E-state index contributed by atoms with van der Waals surface area (Å²) in [5.74, 6) is 0.261. The van der Waals surface area contributed by atoms with Crippen LogP contribution >= 0.6 is 0 Å². The maximum absolute atomic E-state index is 14.5. The van der Waals surface area contributed by atoms with Crippen molar-refractivity contribution >= 4 is 21.8 Å². The number of aliphatic hydroxyl groups excluding tert-OH is 3. The first-order valence-electron chi connectivity index (χ1n) is 22.5. The Labute approximate surface area is 374 Å². The summed E-state index contributed by atoms with van der Waals surface area (Å²) in [4.78, 5) is 39.1. The number of carbonyl (C=O) groups excluding carboxylic acids is 2. The molecule has 1 aromatic rings. The smallest absolute Gasteiger partial charge is 0.251 e. The molecule has 6 aliphatic rings. The highest BCUT2D eigenvalue weighted by molar-refractivity contribution is 7.88. The van der Waals surface area contributed by atoms with Crippen LogP contribution in [0, 0.1) is 40.9 Å². The Morgan fingerprint density at radius 1 is 1.11 bits per heavy atom. The zero-order valence-corrected chi connectivity index (χ0v) is 39.3. The van der Waals surface area contributed by atoms with E-state index >= 15 is 0 Å². The molecule has 1 heterocycles. The molecule has 0 aromatic heterocycles. The molecule has 1 aliphatic heterocycles. The number of rotatable bonds is 19. The fourth-order valence-electron chi connectivity index (χ4n) is 11.1. The van der Waals surface area contributed by atoms with Crippen molar-refractivity contribution in [3.63, 3.8) is 0 Å². The molecule has 2 bridgehead atoms. The van der Waals surface area contributed by atoms with Gasteiger partial charge in [-0.2, -0.15) is 5.06 Å². The number of nitrogens with one attached hydrogen (secondary N) is 3. The van der Waals surface area contributed by atoms with Gasteiger partial charge in [-0.3, -0.25) is 14.4 Å². The van der Waals surface area contributed by atoms with Crippen molar-refractivity contribution in [2.24, 2.45) is 40.9 Å². The number of benzene rings is 1. The summed E-state index contributed by atoms with van der Waals surface area (Å²) in [6.07, 6.45) is 10.4. The molecule has 2 unspecified atom stereocenters. The number of hydrogen-bond donors (Lipinski definition) is 6. The van der Waals surface area contributed by atoms with E-state index in [9.17, 15) is 33.3 Å². The van der Waals surface area contributed by atoms with E-state index in [1.807, 2.05) is 79.5 Å². The molecule has 5 aliphatic carbocycles. The second kappa shape index (κ2) is 20.3. The lowest BCUT2D eigenvalue weighted by molar-refractivity contribution is -0.173. The Morgan fingerprint density at radius 3 is 2.41 bits per heavy atom. The normalized spacial score (nSPS) is 30.8.